The van der Waals surface area contributed by atoms with Gasteiger partial charge in [-0.15, -0.1) is 0 Å². The Morgan fingerprint density at radius 1 is 1.25 bits per heavy atom. The summed E-state index contributed by atoms with van der Waals surface area (Å²) in [5.74, 6) is -2.24. The summed E-state index contributed by atoms with van der Waals surface area (Å²) in [7, 11) is 4.50. The fraction of sp³-hybridized carbons (Fsp3) is 0.615. The van der Waals surface area contributed by atoms with Gasteiger partial charge in [-0.3, -0.25) is 0 Å². The molecule has 0 bridgehead atoms. The average Bonchev–Trinajstić information content (AvgIpc) is 2.33. The zero-order valence-corrected chi connectivity index (χ0v) is 13.3. The fourth-order valence-electron chi connectivity index (χ4n) is 1.24. The van der Waals surface area contributed by atoms with E-state index in [9.17, 15) is 19.6 Å². The van der Waals surface area contributed by atoms with Crippen LogP contribution in [-0.2, 0) is 14.3 Å². The predicted octanol–water partition coefficient (Wildman–Crippen LogP) is -1.12. The summed E-state index contributed by atoms with van der Waals surface area (Å²) in [5, 5.41) is 10.8. The molecule has 0 rings (SSSR count). The molecule has 20 heavy (non-hydrogen) atoms. The predicted molar refractivity (Wildman–Crippen MR) is 75.1 cm³/mol. The van der Waals surface area contributed by atoms with Crippen LogP contribution < -0.4 is 10.00 Å². The van der Waals surface area contributed by atoms with Crippen LogP contribution in [0.3, 0.4) is 0 Å². The summed E-state index contributed by atoms with van der Waals surface area (Å²) in [6.07, 6.45) is 2.48. The van der Waals surface area contributed by atoms with Crippen LogP contribution in [0.4, 0.5) is 0 Å². The highest BCUT2D eigenvalue weighted by molar-refractivity contribution is 7.51. The van der Waals surface area contributed by atoms with Crippen LogP contribution in [0.2, 0.25) is 0 Å². The number of carboxylic acid groups (broad SMARTS) is 1. The molecule has 114 valence electrons. The van der Waals surface area contributed by atoms with E-state index >= 15 is 0 Å². The summed E-state index contributed by atoms with van der Waals surface area (Å²) in [6.45, 7) is 2.57. The summed E-state index contributed by atoms with van der Waals surface area (Å²) in [4.78, 5) is 33.4. The van der Waals surface area contributed by atoms with Gasteiger partial charge < -0.3 is 24.0 Å². The first-order chi connectivity index (χ1) is 9.15. The highest BCUT2D eigenvalue weighted by Crippen LogP contribution is 2.17. The lowest BCUT2D eigenvalue weighted by molar-refractivity contribution is -0.867. The monoisotopic (exact) mass is 303 g/mol. The molecule has 0 spiro atoms. The minimum atomic E-state index is -1.54. The maximum Gasteiger partial charge on any atom is 0.331 e. The topological polar surface area (TPSA) is 89.5 Å². The van der Waals surface area contributed by atoms with Crippen molar-refractivity contribution in [1.82, 2.24) is 0 Å². The normalized spacial score (nSPS) is 13.2. The molecule has 0 aromatic carbocycles. The number of esters is 1. The largest absolute Gasteiger partial charge is 0.630 e. The third-order valence-electron chi connectivity index (χ3n) is 2.47. The van der Waals surface area contributed by atoms with Gasteiger partial charge in [-0.05, 0) is 6.08 Å². The van der Waals surface area contributed by atoms with E-state index in [2.05, 4.69) is 0 Å². The number of hydrogen-bond acceptors (Lipinski definition) is 5. The number of ether oxygens (including phenoxy) is 1. The van der Waals surface area contributed by atoms with Crippen LogP contribution in [0.15, 0.2) is 12.2 Å². The van der Waals surface area contributed by atoms with E-state index in [1.807, 2.05) is 28.1 Å². The maximum atomic E-state index is 12.1. The van der Waals surface area contributed by atoms with Gasteiger partial charge >= 0.3 is 5.97 Å². The third-order valence-corrected chi connectivity index (χ3v) is 4.23. The fourth-order valence-corrected chi connectivity index (χ4v) is 2.90. The second kappa shape index (κ2) is 8.84. The molecule has 0 aliphatic rings. The van der Waals surface area contributed by atoms with Gasteiger partial charge in [0.25, 0.3) is 0 Å². The maximum absolute atomic E-state index is 12.1. The van der Waals surface area contributed by atoms with E-state index in [0.717, 1.165) is 12.6 Å². The van der Waals surface area contributed by atoms with Gasteiger partial charge in [0.2, 0.25) is 0 Å². The molecule has 0 aromatic heterocycles. The van der Waals surface area contributed by atoms with Gasteiger partial charge in [-0.25, -0.2) is 4.79 Å². The van der Waals surface area contributed by atoms with E-state index < -0.39 is 19.7 Å². The number of carboxylic acids is 1. The molecule has 0 saturated heterocycles. The SMILES string of the molecule is CCC(COC(=O)/C=C\C(=O)[O-])=[P+]([O-])CC[N+](C)(C)C. The van der Waals surface area contributed by atoms with Gasteiger partial charge in [-0.2, -0.15) is 0 Å². The van der Waals surface area contributed by atoms with Crippen molar-refractivity contribution in [2.45, 2.75) is 13.3 Å². The highest BCUT2D eigenvalue weighted by atomic mass is 31.1. The first kappa shape index (κ1) is 18.8. The van der Waals surface area contributed by atoms with Crippen LogP contribution >= 0.6 is 7.77 Å². The molecule has 0 aromatic rings. The zero-order chi connectivity index (χ0) is 15.8. The molecule has 0 aliphatic carbocycles. The zero-order valence-electron chi connectivity index (χ0n) is 12.4. The standard InChI is InChI=1S/C13H22NO5P/c1-5-11(20(18)9-8-14(2,3)4)10-19-13(17)7-6-12(15)16/h6-7H,5,8-10H2,1-4H3/b7-6-. The molecule has 7 heteroatoms. The number of aliphatic carboxylic acids is 1. The highest BCUT2D eigenvalue weighted by Gasteiger charge is 2.15. The van der Waals surface area contributed by atoms with Crippen molar-refractivity contribution in [1.29, 1.82) is 0 Å². The molecule has 1 unspecified atom stereocenters. The van der Waals surface area contributed by atoms with Gasteiger partial charge in [0.1, 0.15) is 11.8 Å². The Morgan fingerprint density at radius 2 is 1.85 bits per heavy atom. The molecule has 0 aliphatic heterocycles. The molecule has 0 fully saturated rings. The Bertz CT molecular complexity index is 409. The molecule has 0 saturated carbocycles. The molecule has 0 heterocycles. The summed E-state index contributed by atoms with van der Waals surface area (Å²) in [6, 6.07) is 0. The smallest absolute Gasteiger partial charge is 0.331 e. The van der Waals surface area contributed by atoms with E-state index in [1.54, 1.807) is 0 Å². The molecule has 0 amide bonds. The van der Waals surface area contributed by atoms with E-state index in [4.69, 9.17) is 4.74 Å². The van der Waals surface area contributed by atoms with Crippen molar-refractivity contribution < 1.29 is 28.8 Å². The van der Waals surface area contributed by atoms with Crippen LogP contribution in [-0.4, -0.2) is 62.2 Å². The molecule has 0 N–H and O–H groups in total. The van der Waals surface area contributed by atoms with E-state index in [-0.39, 0.29) is 6.61 Å². The summed E-state index contributed by atoms with van der Waals surface area (Å²) < 4.78 is 5.57. The number of hydrogen-bond donors (Lipinski definition) is 0. The second-order valence-corrected chi connectivity index (χ2v) is 7.13. The van der Waals surface area contributed by atoms with Gasteiger partial charge in [0.05, 0.1) is 34.9 Å². The lowest BCUT2D eigenvalue weighted by atomic mass is 10.3. The lowest BCUT2D eigenvalue weighted by Crippen LogP contribution is -2.37. The second-order valence-electron chi connectivity index (χ2n) is 5.30. The van der Waals surface area contributed by atoms with Crippen LogP contribution in [0, 0.1) is 0 Å². The van der Waals surface area contributed by atoms with Crippen molar-refractivity contribution in [2.75, 3.05) is 40.5 Å². The molecule has 6 nitrogen and oxygen atoms in total. The van der Waals surface area contributed by atoms with Crippen LogP contribution in [0.5, 0.6) is 0 Å². The minimum absolute atomic E-state index is 0.0426. The van der Waals surface area contributed by atoms with Crippen molar-refractivity contribution in [3.8, 4) is 0 Å². The Hall–Kier alpha value is -1.23. The molecular weight excluding hydrogens is 281 g/mol. The Labute approximate surface area is 120 Å². The van der Waals surface area contributed by atoms with Gasteiger partial charge in [-0.1, -0.05) is 6.92 Å². The number of quaternary nitrogens is 1. The lowest BCUT2D eigenvalue weighted by Gasteiger charge is -2.22. The Balaban J connectivity index is 4.46. The molecule has 0 radical (unpaired) electrons. The Kier molecular flexibility index (Phi) is 8.30. The number of carbonyl (C=O) groups is 2. The Morgan fingerprint density at radius 3 is 2.30 bits per heavy atom. The van der Waals surface area contributed by atoms with Crippen molar-refractivity contribution in [3.05, 3.63) is 12.2 Å². The van der Waals surface area contributed by atoms with Crippen LogP contribution in [0.25, 0.3) is 0 Å². The average molecular weight is 303 g/mol. The van der Waals surface area contributed by atoms with E-state index in [0.29, 0.717) is 28.4 Å². The molecule has 1 atom stereocenters. The van der Waals surface area contributed by atoms with E-state index in [1.165, 1.54) is 0 Å². The quantitative estimate of drug-likeness (QED) is 0.245. The number of nitrogens with zero attached hydrogens (tertiary/aromatic N) is 1. The first-order valence-electron chi connectivity index (χ1n) is 6.31. The number of rotatable bonds is 8. The van der Waals surface area contributed by atoms with Crippen molar-refractivity contribution in [2.24, 2.45) is 0 Å². The van der Waals surface area contributed by atoms with Crippen LogP contribution in [0.1, 0.15) is 13.3 Å². The third kappa shape index (κ3) is 9.67. The van der Waals surface area contributed by atoms with Gasteiger partial charge in [0, 0.05) is 12.5 Å². The molecular formula is C13H22NO5P. The minimum Gasteiger partial charge on any atom is -0.630 e. The summed E-state index contributed by atoms with van der Waals surface area (Å²) >= 11 is 0. The summed E-state index contributed by atoms with van der Waals surface area (Å²) in [5.41, 5.74) is 0. The van der Waals surface area contributed by atoms with Crippen molar-refractivity contribution in [3.63, 3.8) is 0 Å². The first-order valence-corrected chi connectivity index (χ1v) is 7.76. The number of carbonyl (C=O) groups excluding carboxylic acids is 2. The van der Waals surface area contributed by atoms with Crippen molar-refractivity contribution >= 4 is 25.0 Å². The van der Waals surface area contributed by atoms with Gasteiger partial charge in [0.15, 0.2) is 12.8 Å².